The summed E-state index contributed by atoms with van der Waals surface area (Å²) in [5, 5.41) is 18.9. The Labute approximate surface area is 156 Å². The van der Waals surface area contributed by atoms with Crippen molar-refractivity contribution in [2.75, 3.05) is 5.32 Å². The molecule has 1 N–H and O–H groups in total. The number of thiophene rings is 1. The van der Waals surface area contributed by atoms with Crippen molar-refractivity contribution in [2.24, 2.45) is 0 Å². The van der Waals surface area contributed by atoms with E-state index in [9.17, 15) is 4.79 Å². The van der Waals surface area contributed by atoms with Gasteiger partial charge in [-0.25, -0.2) is 4.98 Å². The molecular formula is C17H12N4OS3. The van der Waals surface area contributed by atoms with Crippen LogP contribution in [0, 0.1) is 0 Å². The highest BCUT2D eigenvalue weighted by Crippen LogP contribution is 2.26. The number of nitrogens with one attached hydrogen (secondary N) is 1. The van der Waals surface area contributed by atoms with Crippen LogP contribution < -0.4 is 5.32 Å². The van der Waals surface area contributed by atoms with Crippen molar-refractivity contribution >= 4 is 45.0 Å². The van der Waals surface area contributed by atoms with Crippen LogP contribution in [-0.2, 0) is 6.42 Å². The number of anilines is 1. The first kappa shape index (κ1) is 16.1. The first-order chi connectivity index (χ1) is 12.3. The lowest BCUT2D eigenvalue weighted by atomic mass is 10.2. The Kier molecular flexibility index (Phi) is 4.64. The van der Waals surface area contributed by atoms with Crippen molar-refractivity contribution in [3.05, 3.63) is 68.8 Å². The largest absolute Gasteiger partial charge is 0.295 e. The van der Waals surface area contributed by atoms with E-state index in [4.69, 9.17) is 0 Å². The monoisotopic (exact) mass is 384 g/mol. The van der Waals surface area contributed by atoms with Gasteiger partial charge in [0.25, 0.3) is 5.91 Å². The van der Waals surface area contributed by atoms with Gasteiger partial charge in [-0.15, -0.1) is 21.5 Å². The minimum absolute atomic E-state index is 0.264. The molecule has 0 radical (unpaired) electrons. The van der Waals surface area contributed by atoms with Gasteiger partial charge in [0.1, 0.15) is 15.7 Å². The predicted molar refractivity (Wildman–Crippen MR) is 103 cm³/mol. The second-order valence-electron chi connectivity index (χ2n) is 5.17. The quantitative estimate of drug-likeness (QED) is 0.547. The Morgan fingerprint density at radius 1 is 1.08 bits per heavy atom. The molecule has 0 aliphatic rings. The summed E-state index contributed by atoms with van der Waals surface area (Å²) in [5.41, 5.74) is 2.59. The maximum Gasteiger partial charge on any atom is 0.276 e. The zero-order chi connectivity index (χ0) is 17.1. The smallest absolute Gasteiger partial charge is 0.276 e. The highest BCUT2D eigenvalue weighted by atomic mass is 32.1. The number of thiazole rings is 1. The maximum atomic E-state index is 12.3. The Morgan fingerprint density at radius 3 is 2.76 bits per heavy atom. The number of aromatic nitrogens is 3. The van der Waals surface area contributed by atoms with E-state index in [1.807, 2.05) is 47.2 Å². The molecule has 0 unspecified atom stereocenters. The molecule has 3 heterocycles. The number of rotatable bonds is 5. The molecule has 4 aromatic rings. The third-order valence-corrected chi connectivity index (χ3v) is 5.80. The lowest BCUT2D eigenvalue weighted by molar-refractivity contribution is 0.102. The second-order valence-corrected chi connectivity index (χ2v) is 7.87. The molecule has 124 valence electrons. The fraction of sp³-hybridized carbons (Fsp3) is 0.0588. The highest BCUT2D eigenvalue weighted by molar-refractivity contribution is 7.15. The van der Waals surface area contributed by atoms with Crippen molar-refractivity contribution in [1.29, 1.82) is 0 Å². The number of carbonyl (C=O) groups excluding carboxylic acids is 1. The summed E-state index contributed by atoms with van der Waals surface area (Å²) in [6.07, 6.45) is 0.702. The summed E-state index contributed by atoms with van der Waals surface area (Å²) in [5.74, 6) is -0.264. The van der Waals surface area contributed by atoms with E-state index in [0.717, 1.165) is 21.1 Å². The Morgan fingerprint density at radius 2 is 1.96 bits per heavy atom. The molecule has 1 amide bonds. The summed E-state index contributed by atoms with van der Waals surface area (Å²) < 4.78 is 0. The van der Waals surface area contributed by atoms with Crippen LogP contribution in [0.4, 0.5) is 5.13 Å². The fourth-order valence-corrected chi connectivity index (χ4v) is 4.49. The molecule has 0 aliphatic carbocycles. The molecule has 0 bridgehead atoms. The van der Waals surface area contributed by atoms with Gasteiger partial charge in [0.15, 0.2) is 0 Å². The molecule has 0 spiro atoms. The molecule has 0 aliphatic heterocycles. The standard InChI is InChI=1S/C17H12N4OS3/c22-15(13-10-24-16(18-13)12-6-7-23-9-12)19-17-21-20-14(25-17)8-11-4-2-1-3-5-11/h1-7,9-10H,8H2,(H,19,21,22). The number of amides is 1. The average Bonchev–Trinajstić information content (AvgIpc) is 3.37. The molecule has 5 nitrogen and oxygen atoms in total. The third-order valence-electron chi connectivity index (χ3n) is 3.39. The summed E-state index contributed by atoms with van der Waals surface area (Å²) in [4.78, 5) is 16.7. The lowest BCUT2D eigenvalue weighted by Crippen LogP contribution is -2.12. The zero-order valence-corrected chi connectivity index (χ0v) is 15.3. The van der Waals surface area contributed by atoms with Gasteiger partial charge in [0, 0.05) is 22.7 Å². The van der Waals surface area contributed by atoms with Gasteiger partial charge in [-0.3, -0.25) is 10.1 Å². The van der Waals surface area contributed by atoms with Crippen LogP contribution >= 0.6 is 34.0 Å². The highest BCUT2D eigenvalue weighted by Gasteiger charge is 2.14. The number of nitrogens with zero attached hydrogens (tertiary/aromatic N) is 3. The molecule has 0 atom stereocenters. The predicted octanol–water partition coefficient (Wildman–Crippen LogP) is 4.57. The molecule has 8 heteroatoms. The summed E-state index contributed by atoms with van der Waals surface area (Å²) in [7, 11) is 0. The van der Waals surface area contributed by atoms with Crippen molar-refractivity contribution in [1.82, 2.24) is 15.2 Å². The molecule has 25 heavy (non-hydrogen) atoms. The van der Waals surface area contributed by atoms with Crippen molar-refractivity contribution in [3.8, 4) is 10.6 Å². The second kappa shape index (κ2) is 7.22. The van der Waals surface area contributed by atoms with E-state index in [1.165, 1.54) is 22.7 Å². The third kappa shape index (κ3) is 3.81. The van der Waals surface area contributed by atoms with E-state index >= 15 is 0 Å². The summed E-state index contributed by atoms with van der Waals surface area (Å²) >= 11 is 4.44. The van der Waals surface area contributed by atoms with Crippen LogP contribution in [0.2, 0.25) is 0 Å². The molecule has 0 saturated heterocycles. The van der Waals surface area contributed by atoms with Gasteiger partial charge in [-0.05, 0) is 17.0 Å². The van der Waals surface area contributed by atoms with Crippen LogP contribution in [0.1, 0.15) is 21.1 Å². The average molecular weight is 385 g/mol. The van der Waals surface area contributed by atoms with Crippen LogP contribution in [-0.4, -0.2) is 21.1 Å². The van der Waals surface area contributed by atoms with Gasteiger partial charge >= 0.3 is 0 Å². The maximum absolute atomic E-state index is 12.3. The summed E-state index contributed by atoms with van der Waals surface area (Å²) in [6.45, 7) is 0. The number of carbonyl (C=O) groups is 1. The molecule has 0 fully saturated rings. The van der Waals surface area contributed by atoms with E-state index < -0.39 is 0 Å². The van der Waals surface area contributed by atoms with E-state index in [-0.39, 0.29) is 5.91 Å². The first-order valence-corrected chi connectivity index (χ1v) is 10.1. The van der Waals surface area contributed by atoms with Crippen LogP contribution in [0.15, 0.2) is 52.5 Å². The van der Waals surface area contributed by atoms with E-state index in [1.54, 1.807) is 16.7 Å². The molecule has 4 rings (SSSR count). The molecule has 1 aromatic carbocycles. The molecule has 3 aromatic heterocycles. The molecular weight excluding hydrogens is 372 g/mol. The Balaban J connectivity index is 1.43. The number of hydrogen-bond acceptors (Lipinski definition) is 7. The van der Waals surface area contributed by atoms with Crippen LogP contribution in [0.5, 0.6) is 0 Å². The zero-order valence-electron chi connectivity index (χ0n) is 12.9. The van der Waals surface area contributed by atoms with Gasteiger partial charge in [-0.2, -0.15) is 11.3 Å². The van der Waals surface area contributed by atoms with E-state index in [2.05, 4.69) is 20.5 Å². The van der Waals surface area contributed by atoms with Gasteiger partial charge in [0.2, 0.25) is 5.13 Å². The van der Waals surface area contributed by atoms with Crippen LogP contribution in [0.25, 0.3) is 10.6 Å². The van der Waals surface area contributed by atoms with Crippen molar-refractivity contribution < 1.29 is 4.79 Å². The Hall–Kier alpha value is -2.42. The van der Waals surface area contributed by atoms with Crippen LogP contribution in [0.3, 0.4) is 0 Å². The van der Waals surface area contributed by atoms with E-state index in [0.29, 0.717) is 17.2 Å². The van der Waals surface area contributed by atoms with Gasteiger partial charge < -0.3 is 0 Å². The molecule has 0 saturated carbocycles. The minimum atomic E-state index is -0.264. The fourth-order valence-electron chi connectivity index (χ4n) is 2.20. The number of hydrogen-bond donors (Lipinski definition) is 1. The lowest BCUT2D eigenvalue weighted by Gasteiger charge is -1.97. The van der Waals surface area contributed by atoms with Crippen molar-refractivity contribution in [2.45, 2.75) is 6.42 Å². The van der Waals surface area contributed by atoms with Gasteiger partial charge in [0.05, 0.1) is 0 Å². The topological polar surface area (TPSA) is 67.8 Å². The normalized spacial score (nSPS) is 10.7. The number of benzene rings is 1. The minimum Gasteiger partial charge on any atom is -0.295 e. The van der Waals surface area contributed by atoms with Crippen molar-refractivity contribution in [3.63, 3.8) is 0 Å². The SMILES string of the molecule is O=C(Nc1nnc(Cc2ccccc2)s1)c1csc(-c2ccsc2)n1. The first-order valence-electron chi connectivity index (χ1n) is 7.44. The van der Waals surface area contributed by atoms with Gasteiger partial charge in [-0.1, -0.05) is 41.7 Å². The Bertz CT molecular complexity index is 976. The summed E-state index contributed by atoms with van der Waals surface area (Å²) in [6, 6.07) is 12.0.